The van der Waals surface area contributed by atoms with Gasteiger partial charge in [-0.25, -0.2) is 4.79 Å². The molecule has 4 rings (SSSR count). The predicted octanol–water partition coefficient (Wildman–Crippen LogP) is 2.65. The third-order valence-electron chi connectivity index (χ3n) is 3.76. The van der Waals surface area contributed by atoms with Crippen LogP contribution in [0.15, 0.2) is 48.5 Å². The van der Waals surface area contributed by atoms with Crippen molar-refractivity contribution in [3.8, 4) is 11.1 Å². The van der Waals surface area contributed by atoms with Gasteiger partial charge in [0.25, 0.3) is 0 Å². The second-order valence-electron chi connectivity index (χ2n) is 4.66. The summed E-state index contributed by atoms with van der Waals surface area (Å²) >= 11 is 0. The van der Waals surface area contributed by atoms with E-state index in [4.69, 9.17) is 4.74 Å². The van der Waals surface area contributed by atoms with Gasteiger partial charge in [0, 0.05) is 11.1 Å². The lowest BCUT2D eigenvalue weighted by Gasteiger charge is -2.23. The summed E-state index contributed by atoms with van der Waals surface area (Å²) in [6, 6.07) is 16.2. The van der Waals surface area contributed by atoms with Crippen molar-refractivity contribution in [1.82, 2.24) is 5.32 Å². The third-order valence-corrected chi connectivity index (χ3v) is 3.76. The van der Waals surface area contributed by atoms with Gasteiger partial charge in [0.1, 0.15) is 0 Å². The van der Waals surface area contributed by atoms with Crippen LogP contribution in [-0.4, -0.2) is 12.6 Å². The SMILES string of the molecule is O=C1NCC2(O1)c1ccccc1-c1ccccc12. The number of alkyl carbamates (subject to hydrolysis) is 1. The van der Waals surface area contributed by atoms with E-state index in [1.165, 1.54) is 0 Å². The monoisotopic (exact) mass is 237 g/mol. The summed E-state index contributed by atoms with van der Waals surface area (Å²) in [6.45, 7) is 0.500. The molecular weight excluding hydrogens is 226 g/mol. The number of fused-ring (bicyclic) bond motifs is 5. The van der Waals surface area contributed by atoms with Crippen LogP contribution in [0.4, 0.5) is 4.79 Å². The molecule has 0 atom stereocenters. The average Bonchev–Trinajstić information content (AvgIpc) is 2.93. The van der Waals surface area contributed by atoms with Crippen molar-refractivity contribution in [2.45, 2.75) is 5.60 Å². The van der Waals surface area contributed by atoms with E-state index in [-0.39, 0.29) is 6.09 Å². The fourth-order valence-electron chi connectivity index (χ4n) is 3.01. The molecule has 18 heavy (non-hydrogen) atoms. The summed E-state index contributed by atoms with van der Waals surface area (Å²) in [7, 11) is 0. The van der Waals surface area contributed by atoms with Crippen molar-refractivity contribution >= 4 is 6.09 Å². The number of nitrogens with one attached hydrogen (secondary N) is 1. The fourth-order valence-corrected chi connectivity index (χ4v) is 3.01. The smallest absolute Gasteiger partial charge is 0.408 e. The maximum Gasteiger partial charge on any atom is 0.408 e. The zero-order valence-corrected chi connectivity index (χ0v) is 9.64. The first-order valence-electron chi connectivity index (χ1n) is 5.97. The maximum absolute atomic E-state index is 11.5. The summed E-state index contributed by atoms with van der Waals surface area (Å²) in [5, 5.41) is 2.77. The Balaban J connectivity index is 2.07. The van der Waals surface area contributed by atoms with Gasteiger partial charge in [-0.2, -0.15) is 0 Å². The van der Waals surface area contributed by atoms with E-state index in [1.807, 2.05) is 36.4 Å². The minimum Gasteiger partial charge on any atom is -0.431 e. The molecule has 0 saturated carbocycles. The van der Waals surface area contributed by atoms with Gasteiger partial charge in [0.2, 0.25) is 0 Å². The molecule has 3 heteroatoms. The molecule has 1 N–H and O–H groups in total. The van der Waals surface area contributed by atoms with Crippen LogP contribution < -0.4 is 5.32 Å². The number of hydrogen-bond donors (Lipinski definition) is 1. The number of benzene rings is 2. The largest absolute Gasteiger partial charge is 0.431 e. The summed E-state index contributed by atoms with van der Waals surface area (Å²) < 4.78 is 5.61. The molecule has 1 fully saturated rings. The molecule has 0 radical (unpaired) electrons. The lowest BCUT2D eigenvalue weighted by Crippen LogP contribution is -2.29. The van der Waals surface area contributed by atoms with Crippen LogP contribution in [-0.2, 0) is 10.3 Å². The van der Waals surface area contributed by atoms with Gasteiger partial charge >= 0.3 is 6.09 Å². The molecule has 0 unspecified atom stereocenters. The topological polar surface area (TPSA) is 38.3 Å². The van der Waals surface area contributed by atoms with Gasteiger partial charge < -0.3 is 10.1 Å². The standard InChI is InChI=1S/C15H11NO2/c17-14-16-9-15(18-14)12-7-3-1-5-10(12)11-6-2-4-8-13(11)15/h1-8H,9H2,(H,16,17). The lowest BCUT2D eigenvalue weighted by atomic mass is 9.92. The molecule has 1 aliphatic heterocycles. The van der Waals surface area contributed by atoms with Crippen LogP contribution in [0, 0.1) is 0 Å². The fraction of sp³-hybridized carbons (Fsp3) is 0.133. The first kappa shape index (κ1) is 9.71. The minimum atomic E-state index is -0.635. The second kappa shape index (κ2) is 3.13. The van der Waals surface area contributed by atoms with Crippen LogP contribution in [0.3, 0.4) is 0 Å². The molecule has 2 aromatic carbocycles. The lowest BCUT2D eigenvalue weighted by molar-refractivity contribution is 0.0903. The summed E-state index contributed by atoms with van der Waals surface area (Å²) in [6.07, 6.45) is -0.346. The number of amides is 1. The molecule has 1 saturated heterocycles. The number of carbonyl (C=O) groups excluding carboxylic acids is 1. The number of ether oxygens (including phenoxy) is 1. The van der Waals surface area contributed by atoms with Crippen LogP contribution in [0.2, 0.25) is 0 Å². The Morgan fingerprint density at radius 3 is 2.00 bits per heavy atom. The van der Waals surface area contributed by atoms with E-state index in [0.717, 1.165) is 22.3 Å². The van der Waals surface area contributed by atoms with E-state index in [2.05, 4.69) is 17.4 Å². The number of carbonyl (C=O) groups is 1. The van der Waals surface area contributed by atoms with Crippen molar-refractivity contribution < 1.29 is 9.53 Å². The second-order valence-corrected chi connectivity index (χ2v) is 4.66. The zero-order valence-electron chi connectivity index (χ0n) is 9.64. The summed E-state index contributed by atoms with van der Waals surface area (Å²) in [5.41, 5.74) is 3.83. The van der Waals surface area contributed by atoms with Crippen LogP contribution in [0.1, 0.15) is 11.1 Å². The van der Waals surface area contributed by atoms with Crippen LogP contribution >= 0.6 is 0 Å². The highest BCUT2D eigenvalue weighted by molar-refractivity contribution is 5.84. The molecule has 1 aliphatic carbocycles. The Bertz CT molecular complexity index is 618. The summed E-state index contributed by atoms with van der Waals surface area (Å²) in [5.74, 6) is 0. The van der Waals surface area contributed by atoms with Crippen LogP contribution in [0.5, 0.6) is 0 Å². The molecule has 0 aromatic heterocycles. The quantitative estimate of drug-likeness (QED) is 0.765. The van der Waals surface area contributed by atoms with Crippen molar-refractivity contribution in [3.63, 3.8) is 0 Å². The molecule has 1 amide bonds. The van der Waals surface area contributed by atoms with E-state index in [0.29, 0.717) is 6.54 Å². The number of rotatable bonds is 0. The Labute approximate surface area is 104 Å². The van der Waals surface area contributed by atoms with Crippen molar-refractivity contribution in [2.75, 3.05) is 6.54 Å². The van der Waals surface area contributed by atoms with Gasteiger partial charge in [-0.05, 0) is 11.1 Å². The summed E-state index contributed by atoms with van der Waals surface area (Å²) in [4.78, 5) is 11.5. The highest BCUT2D eigenvalue weighted by Crippen LogP contribution is 2.50. The molecular formula is C15H11NO2. The highest BCUT2D eigenvalue weighted by Gasteiger charge is 2.50. The maximum atomic E-state index is 11.5. The predicted molar refractivity (Wildman–Crippen MR) is 67.1 cm³/mol. The zero-order chi connectivity index (χ0) is 12.2. The highest BCUT2D eigenvalue weighted by atomic mass is 16.6. The van der Waals surface area contributed by atoms with E-state index >= 15 is 0 Å². The Morgan fingerprint density at radius 1 is 0.944 bits per heavy atom. The molecule has 1 spiro atoms. The normalized spacial score (nSPS) is 18.1. The molecule has 2 aliphatic rings. The third kappa shape index (κ3) is 1.02. The van der Waals surface area contributed by atoms with Gasteiger partial charge in [-0.15, -0.1) is 0 Å². The Hall–Kier alpha value is -2.29. The molecule has 1 heterocycles. The molecule has 2 aromatic rings. The minimum absolute atomic E-state index is 0.346. The van der Waals surface area contributed by atoms with Gasteiger partial charge in [0.15, 0.2) is 5.60 Å². The number of hydrogen-bond acceptors (Lipinski definition) is 2. The van der Waals surface area contributed by atoms with Gasteiger partial charge in [-0.1, -0.05) is 48.5 Å². The van der Waals surface area contributed by atoms with Gasteiger partial charge in [-0.3, -0.25) is 0 Å². The first-order chi connectivity index (χ1) is 8.81. The van der Waals surface area contributed by atoms with Crippen molar-refractivity contribution in [1.29, 1.82) is 0 Å². The average molecular weight is 237 g/mol. The molecule has 3 nitrogen and oxygen atoms in total. The molecule has 88 valence electrons. The molecule has 0 bridgehead atoms. The van der Waals surface area contributed by atoms with Crippen molar-refractivity contribution in [3.05, 3.63) is 59.7 Å². The van der Waals surface area contributed by atoms with Gasteiger partial charge in [0.05, 0.1) is 6.54 Å². The Kier molecular flexibility index (Phi) is 1.69. The Morgan fingerprint density at radius 2 is 1.50 bits per heavy atom. The van der Waals surface area contributed by atoms with Crippen molar-refractivity contribution in [2.24, 2.45) is 0 Å². The van der Waals surface area contributed by atoms with E-state index in [9.17, 15) is 4.79 Å². The van der Waals surface area contributed by atoms with Crippen LogP contribution in [0.25, 0.3) is 11.1 Å². The van der Waals surface area contributed by atoms with E-state index < -0.39 is 5.60 Å². The first-order valence-corrected chi connectivity index (χ1v) is 5.97. The van der Waals surface area contributed by atoms with E-state index in [1.54, 1.807) is 0 Å².